The van der Waals surface area contributed by atoms with E-state index in [1.54, 1.807) is 0 Å². The van der Waals surface area contributed by atoms with E-state index in [1.165, 1.54) is 0 Å². The Bertz CT molecular complexity index is 263. The van der Waals surface area contributed by atoms with E-state index in [4.69, 9.17) is 24.8 Å². The van der Waals surface area contributed by atoms with Gasteiger partial charge in [-0.3, -0.25) is 5.26 Å². The second kappa shape index (κ2) is 6.68. The Labute approximate surface area is 121 Å². The van der Waals surface area contributed by atoms with Crippen molar-refractivity contribution in [3.05, 3.63) is 0 Å². The first-order valence-electron chi connectivity index (χ1n) is 7.09. The topological polar surface area (TPSA) is 66.4 Å². The molecule has 1 saturated carbocycles. The molecule has 1 N–H and O–H groups in total. The largest absolute Gasteiger partial charge is 0.252 e. The molecule has 1 fully saturated rings. The van der Waals surface area contributed by atoms with Gasteiger partial charge in [-0.05, 0) is 54.4 Å². The fourth-order valence-corrected chi connectivity index (χ4v) is 1.72. The van der Waals surface area contributed by atoms with E-state index < -0.39 is 17.0 Å². The Hall–Kier alpha value is -0.240. The molecule has 1 aliphatic carbocycles. The van der Waals surface area contributed by atoms with Gasteiger partial charge in [-0.2, -0.15) is 9.78 Å². The highest BCUT2D eigenvalue weighted by molar-refractivity contribution is 4.79. The first kappa shape index (κ1) is 17.8. The van der Waals surface area contributed by atoms with Gasteiger partial charge in [-0.25, -0.2) is 14.7 Å². The summed E-state index contributed by atoms with van der Waals surface area (Å²) in [5, 5.41) is 8.74. The van der Waals surface area contributed by atoms with Gasteiger partial charge >= 0.3 is 0 Å². The molecule has 0 spiro atoms. The summed E-state index contributed by atoms with van der Waals surface area (Å²) >= 11 is 0. The van der Waals surface area contributed by atoms with Crippen LogP contribution in [0.25, 0.3) is 0 Å². The number of rotatable bonds is 5. The smallest absolute Gasteiger partial charge is 0.234 e. The second-order valence-electron chi connectivity index (χ2n) is 7.27. The molecule has 0 bridgehead atoms. The average Bonchev–Trinajstić information content (AvgIpc) is 2.33. The van der Waals surface area contributed by atoms with E-state index in [0.29, 0.717) is 25.7 Å². The van der Waals surface area contributed by atoms with Crippen LogP contribution in [0, 0.1) is 0 Å². The Morgan fingerprint density at radius 3 is 1.55 bits per heavy atom. The van der Waals surface area contributed by atoms with Gasteiger partial charge < -0.3 is 0 Å². The quantitative estimate of drug-likeness (QED) is 0.474. The molecule has 120 valence electrons. The molecule has 1 aliphatic rings. The van der Waals surface area contributed by atoms with Gasteiger partial charge in [0.25, 0.3) is 0 Å². The average molecular weight is 292 g/mol. The Morgan fingerprint density at radius 2 is 1.25 bits per heavy atom. The molecule has 1 rings (SSSR count). The highest BCUT2D eigenvalue weighted by Crippen LogP contribution is 2.36. The minimum Gasteiger partial charge on any atom is -0.252 e. The first-order valence-corrected chi connectivity index (χ1v) is 7.09. The zero-order chi connectivity index (χ0) is 15.4. The van der Waals surface area contributed by atoms with Gasteiger partial charge in [0.15, 0.2) is 0 Å². The summed E-state index contributed by atoms with van der Waals surface area (Å²) in [6.07, 6.45) is 2.06. The second-order valence-corrected chi connectivity index (χ2v) is 7.27. The maximum absolute atomic E-state index is 8.74. The summed E-state index contributed by atoms with van der Waals surface area (Å²) in [5.74, 6) is -0.963. The van der Waals surface area contributed by atoms with E-state index in [0.717, 1.165) is 0 Å². The summed E-state index contributed by atoms with van der Waals surface area (Å²) in [6.45, 7) is 11.4. The van der Waals surface area contributed by atoms with Crippen molar-refractivity contribution in [3.8, 4) is 0 Å². The van der Waals surface area contributed by atoms with Crippen molar-refractivity contribution in [1.82, 2.24) is 0 Å². The van der Waals surface area contributed by atoms with Gasteiger partial charge in [-0.15, -0.1) is 0 Å². The maximum atomic E-state index is 8.74. The number of hydrogen-bond donors (Lipinski definition) is 1. The van der Waals surface area contributed by atoms with Crippen molar-refractivity contribution in [2.45, 2.75) is 90.3 Å². The van der Waals surface area contributed by atoms with Gasteiger partial charge in [0, 0.05) is 12.8 Å². The van der Waals surface area contributed by atoms with Crippen LogP contribution in [0.5, 0.6) is 0 Å². The van der Waals surface area contributed by atoms with E-state index in [-0.39, 0.29) is 6.10 Å². The monoisotopic (exact) mass is 292 g/mol. The predicted molar refractivity (Wildman–Crippen MR) is 72.5 cm³/mol. The van der Waals surface area contributed by atoms with Crippen molar-refractivity contribution in [3.63, 3.8) is 0 Å². The molecule has 6 heteroatoms. The molecule has 0 amide bonds. The Balaban J connectivity index is 2.64. The molecule has 0 aromatic rings. The highest BCUT2D eigenvalue weighted by atomic mass is 17.3. The third-order valence-electron chi connectivity index (χ3n) is 2.73. The first-order chi connectivity index (χ1) is 9.05. The predicted octanol–water partition coefficient (Wildman–Crippen LogP) is 3.61. The van der Waals surface area contributed by atoms with Crippen molar-refractivity contribution in [2.24, 2.45) is 0 Å². The third kappa shape index (κ3) is 6.47. The van der Waals surface area contributed by atoms with Crippen molar-refractivity contribution >= 4 is 0 Å². The fraction of sp³-hybridized carbons (Fsp3) is 1.00. The molecule has 0 heterocycles. The normalized spacial score (nSPS) is 21.1. The summed E-state index contributed by atoms with van der Waals surface area (Å²) in [4.78, 5) is 26.3. The Kier molecular flexibility index (Phi) is 5.95. The molecule has 0 aromatic heterocycles. The van der Waals surface area contributed by atoms with Crippen LogP contribution in [0.3, 0.4) is 0 Å². The van der Waals surface area contributed by atoms with Crippen molar-refractivity contribution in [1.29, 1.82) is 0 Å². The zero-order valence-electron chi connectivity index (χ0n) is 13.4. The lowest BCUT2D eigenvalue weighted by molar-refractivity contribution is -0.547. The van der Waals surface area contributed by atoms with Crippen LogP contribution in [0.4, 0.5) is 0 Å². The molecule has 0 unspecified atom stereocenters. The third-order valence-corrected chi connectivity index (χ3v) is 2.73. The lowest BCUT2D eigenvalue weighted by Gasteiger charge is -2.38. The van der Waals surface area contributed by atoms with Gasteiger partial charge in [-0.1, -0.05) is 0 Å². The van der Waals surface area contributed by atoms with Gasteiger partial charge in [0.05, 0.1) is 17.3 Å². The summed E-state index contributed by atoms with van der Waals surface area (Å²) in [7, 11) is 0. The summed E-state index contributed by atoms with van der Waals surface area (Å²) in [6, 6.07) is 0. The van der Waals surface area contributed by atoms with Crippen molar-refractivity contribution < 1.29 is 29.7 Å². The molecular formula is C14H28O6. The lowest BCUT2D eigenvalue weighted by atomic mass is 9.92. The number of hydrogen-bond acceptors (Lipinski definition) is 6. The molecule has 0 aliphatic heterocycles. The zero-order valence-corrected chi connectivity index (χ0v) is 13.4. The van der Waals surface area contributed by atoms with E-state index in [1.807, 2.05) is 41.5 Å². The molecule has 20 heavy (non-hydrogen) atoms. The minimum absolute atomic E-state index is 0.195. The van der Waals surface area contributed by atoms with Crippen LogP contribution in [-0.2, 0) is 24.4 Å². The summed E-state index contributed by atoms with van der Waals surface area (Å²) < 4.78 is 0. The molecule has 0 atom stereocenters. The van der Waals surface area contributed by atoms with E-state index >= 15 is 0 Å². The van der Waals surface area contributed by atoms with Crippen LogP contribution < -0.4 is 0 Å². The van der Waals surface area contributed by atoms with Crippen LogP contribution in [0.2, 0.25) is 0 Å². The standard InChI is InChI=1S/C14H28O6/c1-12(2,3)17-19-14(20-18-13(4,5)6)9-7-11(16-15)8-10-14/h11,15H,7-10H2,1-6H3. The molecule has 0 aromatic carbocycles. The molecule has 0 radical (unpaired) electrons. The van der Waals surface area contributed by atoms with Crippen LogP contribution in [-0.4, -0.2) is 28.4 Å². The van der Waals surface area contributed by atoms with E-state index in [9.17, 15) is 0 Å². The minimum atomic E-state index is -0.963. The SMILES string of the molecule is CC(C)(C)OOC1(OOC(C)(C)C)CCC(OO)CC1. The fourth-order valence-electron chi connectivity index (χ4n) is 1.72. The summed E-state index contributed by atoms with van der Waals surface area (Å²) in [5.41, 5.74) is -0.884. The van der Waals surface area contributed by atoms with Gasteiger partial charge in [0.1, 0.15) is 0 Å². The van der Waals surface area contributed by atoms with Crippen molar-refractivity contribution in [2.75, 3.05) is 0 Å². The van der Waals surface area contributed by atoms with E-state index in [2.05, 4.69) is 4.89 Å². The molecule has 6 nitrogen and oxygen atoms in total. The van der Waals surface area contributed by atoms with Gasteiger partial charge in [0.2, 0.25) is 5.79 Å². The molecular weight excluding hydrogens is 264 g/mol. The Morgan fingerprint density at radius 1 is 0.850 bits per heavy atom. The van der Waals surface area contributed by atoms with Crippen LogP contribution in [0.1, 0.15) is 67.2 Å². The highest BCUT2D eigenvalue weighted by Gasteiger charge is 2.42. The van der Waals surface area contributed by atoms with Crippen LogP contribution in [0.15, 0.2) is 0 Å². The maximum Gasteiger partial charge on any atom is 0.234 e. The molecule has 0 saturated heterocycles. The van der Waals surface area contributed by atoms with Crippen LogP contribution >= 0.6 is 0 Å². The lowest BCUT2D eigenvalue weighted by Crippen LogP contribution is -2.45.